The van der Waals surface area contributed by atoms with Crippen molar-refractivity contribution in [2.75, 3.05) is 18.0 Å². The third-order valence-corrected chi connectivity index (χ3v) is 4.80. The molecule has 0 aromatic heterocycles. The molecule has 2 aromatic rings. The molecular weight excluding hydrogens is 354 g/mol. The molecule has 154 valence electrons. The quantitative estimate of drug-likeness (QED) is 0.549. The fourth-order valence-electron chi connectivity index (χ4n) is 3.18. The number of benzene rings is 2. The summed E-state index contributed by atoms with van der Waals surface area (Å²) >= 11 is 0. The van der Waals surface area contributed by atoms with Gasteiger partial charge in [-0.2, -0.15) is 0 Å². The molecule has 3 N–H and O–H groups in total. The average Bonchev–Trinajstić information content (AvgIpc) is 2.68. The van der Waals surface area contributed by atoms with Crippen molar-refractivity contribution in [1.29, 1.82) is 0 Å². The van der Waals surface area contributed by atoms with Crippen LogP contribution in [0.2, 0.25) is 0 Å². The van der Waals surface area contributed by atoms with Gasteiger partial charge in [-0.1, -0.05) is 18.2 Å². The smallest absolute Gasteiger partial charge is 0.121 e. The number of rotatable bonds is 11. The minimum absolute atomic E-state index is 0.0839. The number of hydrogen-bond acceptors (Lipinski definition) is 5. The van der Waals surface area contributed by atoms with Crippen LogP contribution in [0, 0.1) is 0 Å². The number of ether oxygens (including phenoxy) is 1. The SMILES string of the molecule is CCN(CCCC(C)(C)O)c1cccc(OCc2ccc(CO)c(CO)c2)c1. The maximum absolute atomic E-state index is 9.90. The highest BCUT2D eigenvalue weighted by molar-refractivity contribution is 5.50. The summed E-state index contributed by atoms with van der Waals surface area (Å²) in [7, 11) is 0. The van der Waals surface area contributed by atoms with Gasteiger partial charge in [0.05, 0.1) is 18.8 Å². The van der Waals surface area contributed by atoms with Crippen molar-refractivity contribution in [1.82, 2.24) is 0 Å². The molecule has 5 nitrogen and oxygen atoms in total. The van der Waals surface area contributed by atoms with Gasteiger partial charge in [0.1, 0.15) is 12.4 Å². The summed E-state index contributed by atoms with van der Waals surface area (Å²) in [6, 6.07) is 13.6. The van der Waals surface area contributed by atoms with E-state index in [2.05, 4.69) is 17.9 Å². The average molecular weight is 388 g/mol. The fraction of sp³-hybridized carbons (Fsp3) is 0.478. The summed E-state index contributed by atoms with van der Waals surface area (Å²) in [6.07, 6.45) is 1.68. The van der Waals surface area contributed by atoms with Crippen LogP contribution < -0.4 is 9.64 Å². The van der Waals surface area contributed by atoms with Crippen LogP contribution in [0.3, 0.4) is 0 Å². The third kappa shape index (κ3) is 6.82. The highest BCUT2D eigenvalue weighted by Crippen LogP contribution is 2.23. The van der Waals surface area contributed by atoms with Crippen molar-refractivity contribution in [3.8, 4) is 5.75 Å². The van der Waals surface area contributed by atoms with Crippen molar-refractivity contribution in [3.05, 3.63) is 59.2 Å². The van der Waals surface area contributed by atoms with E-state index in [1.807, 2.05) is 50.2 Å². The van der Waals surface area contributed by atoms with Crippen molar-refractivity contribution in [2.24, 2.45) is 0 Å². The van der Waals surface area contributed by atoms with Crippen LogP contribution in [-0.4, -0.2) is 34.0 Å². The summed E-state index contributed by atoms with van der Waals surface area (Å²) < 4.78 is 5.95. The molecule has 0 aliphatic carbocycles. The minimum Gasteiger partial charge on any atom is -0.489 e. The topological polar surface area (TPSA) is 73.2 Å². The van der Waals surface area contributed by atoms with E-state index < -0.39 is 5.60 Å². The van der Waals surface area contributed by atoms with Gasteiger partial charge in [-0.05, 0) is 68.5 Å². The van der Waals surface area contributed by atoms with Gasteiger partial charge in [0, 0.05) is 24.8 Å². The number of aliphatic hydroxyl groups excluding tert-OH is 2. The largest absolute Gasteiger partial charge is 0.489 e. The number of hydrogen-bond donors (Lipinski definition) is 3. The van der Waals surface area contributed by atoms with Crippen molar-refractivity contribution in [2.45, 2.75) is 59.0 Å². The van der Waals surface area contributed by atoms with E-state index in [1.165, 1.54) is 0 Å². The Morgan fingerprint density at radius 3 is 2.39 bits per heavy atom. The number of anilines is 1. The molecular formula is C23H33NO4. The number of nitrogens with zero attached hydrogens (tertiary/aromatic N) is 1. The highest BCUT2D eigenvalue weighted by Gasteiger charge is 2.13. The van der Waals surface area contributed by atoms with Gasteiger partial charge >= 0.3 is 0 Å². The molecule has 0 bridgehead atoms. The van der Waals surface area contributed by atoms with Gasteiger partial charge in [-0.3, -0.25) is 0 Å². The first kappa shape index (κ1) is 22.2. The van der Waals surface area contributed by atoms with Gasteiger partial charge in [-0.25, -0.2) is 0 Å². The Bertz CT molecular complexity index is 740. The molecule has 5 heteroatoms. The van der Waals surface area contributed by atoms with E-state index in [9.17, 15) is 15.3 Å². The second kappa shape index (κ2) is 10.5. The summed E-state index contributed by atoms with van der Waals surface area (Å²) in [4.78, 5) is 2.28. The highest BCUT2D eigenvalue weighted by atomic mass is 16.5. The predicted molar refractivity (Wildman–Crippen MR) is 112 cm³/mol. The second-order valence-corrected chi connectivity index (χ2v) is 7.70. The van der Waals surface area contributed by atoms with Gasteiger partial charge in [0.2, 0.25) is 0 Å². The molecule has 0 saturated heterocycles. The van der Waals surface area contributed by atoms with Crippen LogP contribution in [0.15, 0.2) is 42.5 Å². The molecule has 0 radical (unpaired) electrons. The monoisotopic (exact) mass is 387 g/mol. The lowest BCUT2D eigenvalue weighted by Gasteiger charge is -2.25. The molecule has 0 saturated carbocycles. The van der Waals surface area contributed by atoms with Gasteiger partial charge < -0.3 is 25.0 Å². The van der Waals surface area contributed by atoms with Gasteiger partial charge in [0.25, 0.3) is 0 Å². The van der Waals surface area contributed by atoms with E-state index >= 15 is 0 Å². The molecule has 2 aromatic carbocycles. The van der Waals surface area contributed by atoms with Crippen LogP contribution in [0.1, 0.15) is 50.3 Å². The molecule has 0 spiro atoms. The third-order valence-electron chi connectivity index (χ3n) is 4.80. The van der Waals surface area contributed by atoms with Crippen molar-refractivity contribution >= 4 is 5.69 Å². The maximum Gasteiger partial charge on any atom is 0.121 e. The molecule has 28 heavy (non-hydrogen) atoms. The van der Waals surface area contributed by atoms with E-state index in [0.717, 1.165) is 54.1 Å². The first-order chi connectivity index (χ1) is 13.4. The van der Waals surface area contributed by atoms with E-state index in [4.69, 9.17) is 4.74 Å². The predicted octanol–water partition coefficient (Wildman–Crippen LogP) is 3.63. The summed E-state index contributed by atoms with van der Waals surface area (Å²) in [5, 5.41) is 28.6. The zero-order chi connectivity index (χ0) is 20.6. The molecule has 0 unspecified atom stereocenters. The molecule has 2 rings (SSSR count). The van der Waals surface area contributed by atoms with Crippen LogP contribution >= 0.6 is 0 Å². The second-order valence-electron chi connectivity index (χ2n) is 7.70. The van der Waals surface area contributed by atoms with Gasteiger partial charge in [-0.15, -0.1) is 0 Å². The Balaban J connectivity index is 2.00. The van der Waals surface area contributed by atoms with Crippen LogP contribution in [0.4, 0.5) is 5.69 Å². The van der Waals surface area contributed by atoms with Crippen LogP contribution in [0.5, 0.6) is 5.75 Å². The Kier molecular flexibility index (Phi) is 8.30. The van der Waals surface area contributed by atoms with Crippen molar-refractivity contribution in [3.63, 3.8) is 0 Å². The van der Waals surface area contributed by atoms with Gasteiger partial charge in [0.15, 0.2) is 0 Å². The van der Waals surface area contributed by atoms with E-state index in [0.29, 0.717) is 6.61 Å². The van der Waals surface area contributed by atoms with Crippen LogP contribution in [-0.2, 0) is 19.8 Å². The normalized spacial score (nSPS) is 11.5. The van der Waals surface area contributed by atoms with E-state index in [-0.39, 0.29) is 13.2 Å². The molecule has 0 atom stereocenters. The Morgan fingerprint density at radius 1 is 1.00 bits per heavy atom. The first-order valence-corrected chi connectivity index (χ1v) is 9.89. The zero-order valence-electron chi connectivity index (χ0n) is 17.2. The Morgan fingerprint density at radius 2 is 1.75 bits per heavy atom. The standard InChI is InChI=1S/C23H33NO4/c1-4-24(12-6-11-23(2,3)27)21-7-5-8-22(14-21)28-17-18-9-10-19(15-25)20(13-18)16-26/h5,7-10,13-14,25-27H,4,6,11-12,15-17H2,1-3H3. The lowest BCUT2D eigenvalue weighted by atomic mass is 10.0. The Labute approximate surface area is 168 Å². The lowest BCUT2D eigenvalue weighted by molar-refractivity contribution is 0.0694. The molecule has 0 aliphatic rings. The minimum atomic E-state index is -0.636. The molecule has 0 amide bonds. The fourth-order valence-corrected chi connectivity index (χ4v) is 3.18. The molecule has 0 aliphatic heterocycles. The molecule has 0 fully saturated rings. The summed E-state index contributed by atoms with van der Waals surface area (Å²) in [6.45, 7) is 7.78. The molecule has 0 heterocycles. The maximum atomic E-state index is 9.90. The first-order valence-electron chi connectivity index (χ1n) is 9.89. The Hall–Kier alpha value is -2.08. The lowest BCUT2D eigenvalue weighted by Crippen LogP contribution is -2.27. The summed E-state index contributed by atoms with van der Waals surface area (Å²) in [5.74, 6) is 0.787. The summed E-state index contributed by atoms with van der Waals surface area (Å²) in [5.41, 5.74) is 2.87. The van der Waals surface area contributed by atoms with E-state index in [1.54, 1.807) is 0 Å². The van der Waals surface area contributed by atoms with Crippen LogP contribution in [0.25, 0.3) is 0 Å². The van der Waals surface area contributed by atoms with Crippen molar-refractivity contribution < 1.29 is 20.1 Å². The zero-order valence-corrected chi connectivity index (χ0v) is 17.2. The number of aliphatic hydroxyl groups is 3.